The Hall–Kier alpha value is -1.15. The van der Waals surface area contributed by atoms with E-state index in [-0.39, 0.29) is 10.5 Å². The topological polar surface area (TPSA) is 59.1 Å². The van der Waals surface area contributed by atoms with Crippen LogP contribution in [0.25, 0.3) is 0 Å². The molecule has 0 saturated carbocycles. The summed E-state index contributed by atoms with van der Waals surface area (Å²) < 4.78 is 38.1. The van der Waals surface area contributed by atoms with E-state index in [1.807, 2.05) is 0 Å². The van der Waals surface area contributed by atoms with Gasteiger partial charge in [0.05, 0.1) is 24.2 Å². The van der Waals surface area contributed by atoms with Gasteiger partial charge in [-0.05, 0) is 45.0 Å². The molecule has 0 aromatic heterocycles. The Balaban J connectivity index is 1.62. The van der Waals surface area contributed by atoms with E-state index >= 15 is 0 Å². The van der Waals surface area contributed by atoms with Crippen molar-refractivity contribution in [2.24, 2.45) is 5.92 Å². The maximum absolute atomic E-state index is 12.7. The third-order valence-corrected chi connectivity index (χ3v) is 6.65. The number of sulfonamides is 1. The highest BCUT2D eigenvalue weighted by Gasteiger charge is 2.51. The molecule has 6 nitrogen and oxygen atoms in total. The zero-order valence-corrected chi connectivity index (χ0v) is 15.4. The smallest absolute Gasteiger partial charge is 0.243 e. The number of methoxy groups -OCH3 is 1. The second-order valence-corrected chi connectivity index (χ2v) is 9.05. The van der Waals surface area contributed by atoms with E-state index in [0.717, 1.165) is 19.4 Å². The summed E-state index contributed by atoms with van der Waals surface area (Å²) in [4.78, 5) is 2.45. The third-order valence-electron chi connectivity index (χ3n) is 4.86. The molecule has 1 aromatic rings. The molecule has 0 N–H and O–H groups in total. The molecule has 3 rings (SSSR count). The molecule has 1 aromatic carbocycles. The second-order valence-electron chi connectivity index (χ2n) is 7.11. The lowest BCUT2D eigenvalue weighted by atomic mass is 9.84. The highest BCUT2D eigenvalue weighted by atomic mass is 32.2. The highest BCUT2D eigenvalue weighted by Crippen LogP contribution is 2.39. The van der Waals surface area contributed by atoms with Crippen LogP contribution in [-0.4, -0.2) is 70.7 Å². The summed E-state index contributed by atoms with van der Waals surface area (Å²) >= 11 is 0. The van der Waals surface area contributed by atoms with Crippen molar-refractivity contribution in [1.29, 1.82) is 0 Å². The summed E-state index contributed by atoms with van der Waals surface area (Å²) in [6.45, 7) is 2.62. The summed E-state index contributed by atoms with van der Waals surface area (Å²) in [5, 5.41) is 0. The summed E-state index contributed by atoms with van der Waals surface area (Å²) in [7, 11) is 2.19. The van der Waals surface area contributed by atoms with Crippen molar-refractivity contribution < 1.29 is 17.9 Å². The van der Waals surface area contributed by atoms with Crippen LogP contribution >= 0.6 is 0 Å². The Morgan fingerprint density at radius 3 is 2.71 bits per heavy atom. The molecule has 2 saturated heterocycles. The minimum Gasteiger partial charge on any atom is -0.497 e. The first-order valence-electron chi connectivity index (χ1n) is 8.28. The molecule has 0 unspecified atom stereocenters. The normalized spacial score (nSPS) is 24.1. The van der Waals surface area contributed by atoms with Crippen LogP contribution in [0.15, 0.2) is 29.2 Å². The maximum atomic E-state index is 12.7. The van der Waals surface area contributed by atoms with Crippen molar-refractivity contribution in [3.8, 4) is 5.75 Å². The quantitative estimate of drug-likeness (QED) is 0.801. The zero-order valence-electron chi connectivity index (χ0n) is 14.6. The van der Waals surface area contributed by atoms with Gasteiger partial charge in [-0.15, -0.1) is 0 Å². The van der Waals surface area contributed by atoms with Crippen molar-refractivity contribution in [1.82, 2.24) is 9.21 Å². The molecule has 134 valence electrons. The van der Waals surface area contributed by atoms with Gasteiger partial charge in [-0.3, -0.25) is 0 Å². The van der Waals surface area contributed by atoms with Gasteiger partial charge in [0.15, 0.2) is 0 Å². The van der Waals surface area contributed by atoms with Crippen LogP contribution in [0.5, 0.6) is 5.75 Å². The molecular weight excluding hydrogens is 328 g/mol. The third kappa shape index (κ3) is 3.44. The van der Waals surface area contributed by atoms with E-state index in [0.29, 0.717) is 31.4 Å². The van der Waals surface area contributed by atoms with Gasteiger partial charge in [0.2, 0.25) is 10.0 Å². The number of nitrogens with zero attached hydrogens (tertiary/aromatic N) is 2. The minimum absolute atomic E-state index is 0.276. The lowest BCUT2D eigenvalue weighted by Crippen LogP contribution is -2.66. The Bertz CT molecular complexity index is 674. The van der Waals surface area contributed by atoms with Crippen LogP contribution in [0, 0.1) is 5.92 Å². The van der Waals surface area contributed by atoms with E-state index in [9.17, 15) is 8.42 Å². The van der Waals surface area contributed by atoms with E-state index in [4.69, 9.17) is 9.47 Å². The first kappa shape index (κ1) is 17.7. The van der Waals surface area contributed by atoms with Gasteiger partial charge >= 0.3 is 0 Å². The number of ether oxygens (including phenoxy) is 2. The predicted octanol–water partition coefficient (Wildman–Crippen LogP) is 1.43. The first-order chi connectivity index (χ1) is 11.3. The fourth-order valence-corrected chi connectivity index (χ4v) is 5.13. The number of hydrogen-bond donors (Lipinski definition) is 0. The van der Waals surface area contributed by atoms with Crippen LogP contribution in [-0.2, 0) is 14.8 Å². The Kier molecular flexibility index (Phi) is 4.88. The van der Waals surface area contributed by atoms with Crippen molar-refractivity contribution in [2.45, 2.75) is 23.3 Å². The van der Waals surface area contributed by atoms with Crippen molar-refractivity contribution >= 4 is 10.0 Å². The van der Waals surface area contributed by atoms with Crippen LogP contribution in [0.2, 0.25) is 0 Å². The van der Waals surface area contributed by atoms with Gasteiger partial charge in [-0.2, -0.15) is 4.31 Å². The predicted molar refractivity (Wildman–Crippen MR) is 91.7 cm³/mol. The molecule has 24 heavy (non-hydrogen) atoms. The summed E-state index contributed by atoms with van der Waals surface area (Å²) in [5.74, 6) is 1.08. The average molecular weight is 354 g/mol. The van der Waals surface area contributed by atoms with Gasteiger partial charge in [-0.25, -0.2) is 8.42 Å². The van der Waals surface area contributed by atoms with Crippen LogP contribution in [0.4, 0.5) is 0 Å². The van der Waals surface area contributed by atoms with Crippen molar-refractivity contribution in [3.63, 3.8) is 0 Å². The molecule has 2 heterocycles. The molecular formula is C17H26N2O4S. The average Bonchev–Trinajstić information content (AvgIpc) is 2.53. The Labute approximate surface area is 144 Å². The van der Waals surface area contributed by atoms with Gasteiger partial charge in [-0.1, -0.05) is 6.07 Å². The zero-order chi connectivity index (χ0) is 17.4. The molecule has 2 aliphatic heterocycles. The molecule has 0 bridgehead atoms. The molecule has 1 spiro atoms. The van der Waals surface area contributed by atoms with Crippen LogP contribution < -0.4 is 4.74 Å². The summed E-state index contributed by atoms with van der Waals surface area (Å²) in [5.41, 5.74) is -0.283. The molecule has 1 atom stereocenters. The van der Waals surface area contributed by atoms with Gasteiger partial charge < -0.3 is 14.4 Å². The van der Waals surface area contributed by atoms with Crippen molar-refractivity contribution in [2.75, 3.05) is 47.4 Å². The first-order valence-corrected chi connectivity index (χ1v) is 9.72. The van der Waals surface area contributed by atoms with Gasteiger partial charge in [0.25, 0.3) is 0 Å². The number of hydrogen-bond acceptors (Lipinski definition) is 5. The van der Waals surface area contributed by atoms with E-state index in [1.165, 1.54) is 11.4 Å². The van der Waals surface area contributed by atoms with Gasteiger partial charge in [0, 0.05) is 25.7 Å². The molecule has 0 amide bonds. The Morgan fingerprint density at radius 1 is 1.38 bits per heavy atom. The molecule has 0 aliphatic carbocycles. The minimum atomic E-state index is -3.48. The summed E-state index contributed by atoms with van der Waals surface area (Å²) in [6.07, 6.45) is 2.01. The van der Waals surface area contributed by atoms with E-state index in [2.05, 4.69) is 19.0 Å². The van der Waals surface area contributed by atoms with Gasteiger partial charge in [0.1, 0.15) is 5.75 Å². The molecule has 7 heteroatoms. The fourth-order valence-electron chi connectivity index (χ4n) is 3.50. The largest absolute Gasteiger partial charge is 0.497 e. The lowest BCUT2D eigenvalue weighted by molar-refractivity contribution is -0.158. The standard InChI is InChI=1S/C17H26N2O4S/c1-18(2)10-14-7-8-17(23-11-14)12-19(13-17)24(20,21)16-6-4-5-15(9-16)22-3/h4-6,9,14H,7-8,10-13H2,1-3H3/t14-/m1/s1. The summed E-state index contributed by atoms with van der Waals surface area (Å²) in [6, 6.07) is 6.61. The molecule has 2 aliphatic rings. The lowest BCUT2D eigenvalue weighted by Gasteiger charge is -2.52. The monoisotopic (exact) mass is 354 g/mol. The van der Waals surface area contributed by atoms with E-state index in [1.54, 1.807) is 24.3 Å². The van der Waals surface area contributed by atoms with E-state index < -0.39 is 10.0 Å². The number of rotatable bonds is 5. The van der Waals surface area contributed by atoms with Crippen LogP contribution in [0.1, 0.15) is 12.8 Å². The Morgan fingerprint density at radius 2 is 2.12 bits per heavy atom. The number of benzene rings is 1. The fraction of sp³-hybridized carbons (Fsp3) is 0.647. The van der Waals surface area contributed by atoms with Crippen LogP contribution in [0.3, 0.4) is 0 Å². The maximum Gasteiger partial charge on any atom is 0.243 e. The molecule has 2 fully saturated rings. The second kappa shape index (κ2) is 6.63. The SMILES string of the molecule is COc1cccc(S(=O)(=O)N2CC3(CC[C@H](CN(C)C)CO3)C2)c1. The molecule has 0 radical (unpaired) electrons. The highest BCUT2D eigenvalue weighted by molar-refractivity contribution is 7.89. The van der Waals surface area contributed by atoms with Crippen molar-refractivity contribution in [3.05, 3.63) is 24.3 Å².